The number of hydrogen-bond donors (Lipinski definition) is 2. The predicted octanol–water partition coefficient (Wildman–Crippen LogP) is 2.59. The van der Waals surface area contributed by atoms with Gasteiger partial charge in [0.1, 0.15) is 4.90 Å². The van der Waals surface area contributed by atoms with Gasteiger partial charge in [-0.25, -0.2) is 8.42 Å². The van der Waals surface area contributed by atoms with Crippen molar-refractivity contribution in [3.63, 3.8) is 0 Å². The molecule has 2 rings (SSSR count). The van der Waals surface area contributed by atoms with Gasteiger partial charge in [0.05, 0.1) is 5.69 Å². The van der Waals surface area contributed by atoms with E-state index < -0.39 is 10.0 Å². The van der Waals surface area contributed by atoms with Crippen LogP contribution >= 0.6 is 27.5 Å². The van der Waals surface area contributed by atoms with Gasteiger partial charge in [-0.1, -0.05) is 11.6 Å². The molecule has 0 atom stereocenters. The lowest BCUT2D eigenvalue weighted by atomic mass is 10.3. The lowest BCUT2D eigenvalue weighted by Gasteiger charge is -2.09. The molecule has 0 aliphatic carbocycles. The molecule has 8 heteroatoms. The molecular weight excluding hydrogens is 356 g/mol. The fourth-order valence-corrected chi connectivity index (χ4v) is 3.03. The van der Waals surface area contributed by atoms with Crippen molar-refractivity contribution >= 4 is 43.2 Å². The average molecular weight is 364 g/mol. The van der Waals surface area contributed by atoms with Gasteiger partial charge in [0.15, 0.2) is 0 Å². The van der Waals surface area contributed by atoms with Crippen molar-refractivity contribution in [1.82, 2.24) is 4.98 Å². The smallest absolute Gasteiger partial charge is 0.263 e. The van der Waals surface area contributed by atoms with E-state index >= 15 is 0 Å². The Kier molecular flexibility index (Phi) is 3.98. The third kappa shape index (κ3) is 3.37. The van der Waals surface area contributed by atoms with Gasteiger partial charge in [-0.3, -0.25) is 9.52 Å². The number of aromatic amines is 1. The Labute approximate surface area is 122 Å². The van der Waals surface area contributed by atoms with Gasteiger partial charge in [-0.2, -0.15) is 0 Å². The fraction of sp³-hybridized carbons (Fsp3) is 0. The summed E-state index contributed by atoms with van der Waals surface area (Å²) in [5.41, 5.74) is -0.0541. The number of pyridine rings is 1. The van der Waals surface area contributed by atoms with Gasteiger partial charge in [0, 0.05) is 21.8 Å². The average Bonchev–Trinajstić information content (AvgIpc) is 2.34. The first-order valence-corrected chi connectivity index (χ1v) is 7.70. The summed E-state index contributed by atoms with van der Waals surface area (Å²) < 4.78 is 27.1. The van der Waals surface area contributed by atoms with Gasteiger partial charge in [-0.15, -0.1) is 0 Å². The molecule has 1 heterocycles. The molecular formula is C11H8BrClN2O3S. The van der Waals surface area contributed by atoms with Crippen LogP contribution in [0.4, 0.5) is 5.69 Å². The summed E-state index contributed by atoms with van der Waals surface area (Å²) in [4.78, 5) is 13.2. The zero-order valence-corrected chi connectivity index (χ0v) is 12.5. The first-order chi connectivity index (χ1) is 8.88. The Morgan fingerprint density at radius 2 is 1.95 bits per heavy atom. The third-order valence-electron chi connectivity index (χ3n) is 2.24. The highest BCUT2D eigenvalue weighted by Crippen LogP contribution is 2.27. The molecule has 1 aromatic carbocycles. The maximum atomic E-state index is 12.1. The van der Waals surface area contributed by atoms with Crippen molar-refractivity contribution in [2.75, 3.05) is 4.72 Å². The summed E-state index contributed by atoms with van der Waals surface area (Å²) in [5.74, 6) is 0. The van der Waals surface area contributed by atoms with E-state index in [1.54, 1.807) is 12.1 Å². The SMILES string of the molecule is O=c1ccc(S(=O)(=O)Nc2cc(Cl)ccc2Br)c[nH]1. The summed E-state index contributed by atoms with van der Waals surface area (Å²) in [7, 11) is -3.78. The maximum absolute atomic E-state index is 12.1. The fourth-order valence-electron chi connectivity index (χ4n) is 1.34. The number of halogens is 2. The van der Waals surface area contributed by atoms with Crippen LogP contribution in [0, 0.1) is 0 Å². The van der Waals surface area contributed by atoms with Gasteiger partial charge in [0.2, 0.25) is 5.56 Å². The number of benzene rings is 1. The van der Waals surface area contributed by atoms with Gasteiger partial charge >= 0.3 is 0 Å². The Bertz CT molecular complexity index is 753. The number of H-pyrrole nitrogens is 1. The van der Waals surface area contributed by atoms with E-state index in [1.165, 1.54) is 12.1 Å². The minimum atomic E-state index is -3.78. The summed E-state index contributed by atoms with van der Waals surface area (Å²) in [6, 6.07) is 7.10. The maximum Gasteiger partial charge on any atom is 0.263 e. The largest absolute Gasteiger partial charge is 0.328 e. The number of sulfonamides is 1. The molecule has 0 aliphatic heterocycles. The Balaban J connectivity index is 2.39. The van der Waals surface area contributed by atoms with Crippen LogP contribution in [0.3, 0.4) is 0 Å². The zero-order valence-electron chi connectivity index (χ0n) is 9.35. The van der Waals surface area contributed by atoms with E-state index in [-0.39, 0.29) is 10.5 Å². The van der Waals surface area contributed by atoms with Crippen molar-refractivity contribution in [1.29, 1.82) is 0 Å². The molecule has 0 spiro atoms. The molecule has 0 amide bonds. The third-order valence-corrected chi connectivity index (χ3v) is 4.53. The van der Waals surface area contributed by atoms with Crippen molar-refractivity contribution in [3.8, 4) is 0 Å². The molecule has 0 saturated heterocycles. The molecule has 2 aromatic rings. The number of rotatable bonds is 3. The monoisotopic (exact) mass is 362 g/mol. The van der Waals surface area contributed by atoms with E-state index in [9.17, 15) is 13.2 Å². The van der Waals surface area contributed by atoms with Crippen molar-refractivity contribution < 1.29 is 8.42 Å². The number of aromatic nitrogens is 1. The molecule has 5 nitrogen and oxygen atoms in total. The highest BCUT2D eigenvalue weighted by atomic mass is 79.9. The molecule has 0 aliphatic rings. The minimum absolute atomic E-state index is 0.0426. The highest BCUT2D eigenvalue weighted by Gasteiger charge is 2.15. The van der Waals surface area contributed by atoms with Crippen LogP contribution in [0.5, 0.6) is 0 Å². The summed E-state index contributed by atoms with van der Waals surface area (Å²) >= 11 is 9.03. The topological polar surface area (TPSA) is 79.0 Å². The molecule has 100 valence electrons. The summed E-state index contributed by atoms with van der Waals surface area (Å²) in [6.45, 7) is 0. The van der Waals surface area contributed by atoms with Gasteiger partial charge < -0.3 is 4.98 Å². The minimum Gasteiger partial charge on any atom is -0.328 e. The van der Waals surface area contributed by atoms with E-state index in [4.69, 9.17) is 11.6 Å². The van der Waals surface area contributed by atoms with Crippen LogP contribution in [0.15, 0.2) is 50.7 Å². The molecule has 0 fully saturated rings. The quantitative estimate of drug-likeness (QED) is 0.880. The lowest BCUT2D eigenvalue weighted by molar-refractivity contribution is 0.600. The van der Waals surface area contributed by atoms with Gasteiger partial charge in [0.25, 0.3) is 10.0 Å². The molecule has 0 radical (unpaired) electrons. The van der Waals surface area contributed by atoms with Crippen LogP contribution < -0.4 is 10.3 Å². The van der Waals surface area contributed by atoms with Crippen LogP contribution in [0.1, 0.15) is 0 Å². The summed E-state index contributed by atoms with van der Waals surface area (Å²) in [6.07, 6.45) is 1.13. The summed E-state index contributed by atoms with van der Waals surface area (Å²) in [5, 5.41) is 0.405. The second kappa shape index (κ2) is 5.36. The molecule has 19 heavy (non-hydrogen) atoms. The Morgan fingerprint density at radius 1 is 1.21 bits per heavy atom. The van der Waals surface area contributed by atoms with E-state index in [0.717, 1.165) is 12.3 Å². The second-order valence-corrected chi connectivity index (χ2v) is 6.59. The van der Waals surface area contributed by atoms with Crippen LogP contribution in [-0.2, 0) is 10.0 Å². The molecule has 0 bridgehead atoms. The molecule has 0 unspecified atom stereocenters. The standard InChI is InChI=1S/C11H8BrClN2O3S/c12-9-3-1-7(13)5-10(9)15-19(17,18)8-2-4-11(16)14-6-8/h1-6,15H,(H,14,16). The number of hydrogen-bond acceptors (Lipinski definition) is 3. The van der Waals surface area contributed by atoms with E-state index in [1.807, 2.05) is 0 Å². The highest BCUT2D eigenvalue weighted by molar-refractivity contribution is 9.10. The Hall–Kier alpha value is -1.31. The van der Waals surface area contributed by atoms with Crippen LogP contribution in [-0.4, -0.2) is 13.4 Å². The molecule has 0 saturated carbocycles. The van der Waals surface area contributed by atoms with Crippen LogP contribution in [0.2, 0.25) is 5.02 Å². The molecule has 1 aromatic heterocycles. The second-order valence-electron chi connectivity index (χ2n) is 3.62. The number of nitrogens with one attached hydrogen (secondary N) is 2. The predicted molar refractivity (Wildman–Crippen MR) is 77.0 cm³/mol. The first-order valence-electron chi connectivity index (χ1n) is 5.05. The normalized spacial score (nSPS) is 11.3. The zero-order chi connectivity index (χ0) is 14.0. The van der Waals surface area contributed by atoms with E-state index in [0.29, 0.717) is 15.2 Å². The van der Waals surface area contributed by atoms with Crippen LogP contribution in [0.25, 0.3) is 0 Å². The number of anilines is 1. The molecule has 2 N–H and O–H groups in total. The lowest BCUT2D eigenvalue weighted by Crippen LogP contribution is -2.15. The van der Waals surface area contributed by atoms with E-state index in [2.05, 4.69) is 25.6 Å². The first kappa shape index (κ1) is 14.1. The van der Waals surface area contributed by atoms with Gasteiger partial charge in [-0.05, 0) is 40.2 Å². The van der Waals surface area contributed by atoms with Crippen molar-refractivity contribution in [2.45, 2.75) is 4.90 Å². The Morgan fingerprint density at radius 3 is 2.58 bits per heavy atom. The van der Waals surface area contributed by atoms with Crippen molar-refractivity contribution in [2.24, 2.45) is 0 Å². The van der Waals surface area contributed by atoms with Crippen molar-refractivity contribution in [3.05, 3.63) is 56.4 Å².